The van der Waals surface area contributed by atoms with Gasteiger partial charge in [0.2, 0.25) is 0 Å². The fourth-order valence-corrected chi connectivity index (χ4v) is 1.28. The second-order valence-electron chi connectivity index (χ2n) is 2.32. The SMILES string of the molecule is CCOC(=O)c1cc(Br)cc(N)n1. The quantitative estimate of drug-likeness (QED) is 0.803. The van der Waals surface area contributed by atoms with Crippen LogP contribution in [-0.2, 0) is 4.74 Å². The van der Waals surface area contributed by atoms with Gasteiger partial charge in [0, 0.05) is 4.47 Å². The van der Waals surface area contributed by atoms with Crippen LogP contribution >= 0.6 is 15.9 Å². The standard InChI is InChI=1S/C8H9BrN2O2/c1-2-13-8(12)6-3-5(9)4-7(10)11-6/h3-4H,2H2,1H3,(H2,10,11). The van der Waals surface area contributed by atoms with Crippen LogP contribution in [-0.4, -0.2) is 17.6 Å². The molecule has 0 saturated heterocycles. The Balaban J connectivity index is 2.94. The van der Waals surface area contributed by atoms with Gasteiger partial charge in [0.1, 0.15) is 5.82 Å². The highest BCUT2D eigenvalue weighted by Gasteiger charge is 2.09. The van der Waals surface area contributed by atoms with Gasteiger partial charge in [-0.25, -0.2) is 9.78 Å². The Hall–Kier alpha value is -1.10. The van der Waals surface area contributed by atoms with Crippen LogP contribution in [0.5, 0.6) is 0 Å². The third-order valence-corrected chi connectivity index (χ3v) is 1.75. The molecule has 1 aromatic heterocycles. The van der Waals surface area contributed by atoms with Crippen LogP contribution < -0.4 is 5.73 Å². The van der Waals surface area contributed by atoms with Crippen LogP contribution in [0.1, 0.15) is 17.4 Å². The predicted molar refractivity (Wildman–Crippen MR) is 52.3 cm³/mol. The summed E-state index contributed by atoms with van der Waals surface area (Å²) in [5.74, 6) is -0.173. The minimum atomic E-state index is -0.462. The number of carbonyl (C=O) groups excluding carboxylic acids is 1. The number of anilines is 1. The first-order valence-electron chi connectivity index (χ1n) is 3.73. The maximum atomic E-state index is 11.2. The lowest BCUT2D eigenvalue weighted by atomic mass is 10.3. The summed E-state index contributed by atoms with van der Waals surface area (Å²) in [6, 6.07) is 3.18. The van der Waals surface area contributed by atoms with E-state index in [0.29, 0.717) is 11.1 Å². The number of carbonyl (C=O) groups is 1. The topological polar surface area (TPSA) is 65.2 Å². The van der Waals surface area contributed by atoms with Gasteiger partial charge in [-0.05, 0) is 19.1 Å². The van der Waals surface area contributed by atoms with Crippen molar-refractivity contribution in [3.63, 3.8) is 0 Å². The molecule has 0 aromatic carbocycles. The summed E-state index contributed by atoms with van der Waals surface area (Å²) in [4.78, 5) is 15.0. The highest BCUT2D eigenvalue weighted by molar-refractivity contribution is 9.10. The fraction of sp³-hybridized carbons (Fsp3) is 0.250. The third-order valence-electron chi connectivity index (χ3n) is 1.29. The molecule has 1 rings (SSSR count). The van der Waals surface area contributed by atoms with Gasteiger partial charge in [0.05, 0.1) is 6.61 Å². The Kier molecular flexibility index (Phi) is 3.25. The Labute approximate surface area is 84.2 Å². The Morgan fingerprint density at radius 2 is 2.38 bits per heavy atom. The van der Waals surface area contributed by atoms with Crippen molar-refractivity contribution >= 4 is 27.7 Å². The minimum absolute atomic E-state index is 0.216. The lowest BCUT2D eigenvalue weighted by molar-refractivity contribution is 0.0519. The van der Waals surface area contributed by atoms with Crippen LogP contribution in [0, 0.1) is 0 Å². The smallest absolute Gasteiger partial charge is 0.357 e. The average molecular weight is 245 g/mol. The molecule has 1 aromatic rings. The maximum absolute atomic E-state index is 11.2. The van der Waals surface area contributed by atoms with Gasteiger partial charge in [-0.3, -0.25) is 0 Å². The van der Waals surface area contributed by atoms with E-state index in [9.17, 15) is 4.79 Å². The summed E-state index contributed by atoms with van der Waals surface area (Å²) in [7, 11) is 0. The molecule has 2 N–H and O–H groups in total. The number of ether oxygens (including phenoxy) is 1. The molecular weight excluding hydrogens is 236 g/mol. The molecule has 1 heterocycles. The highest BCUT2D eigenvalue weighted by Crippen LogP contribution is 2.14. The van der Waals surface area contributed by atoms with E-state index < -0.39 is 5.97 Å². The molecule has 0 fully saturated rings. The molecule has 0 radical (unpaired) electrons. The van der Waals surface area contributed by atoms with Crippen molar-refractivity contribution in [1.82, 2.24) is 4.98 Å². The number of hydrogen-bond acceptors (Lipinski definition) is 4. The Bertz CT molecular complexity index is 308. The fourth-order valence-electron chi connectivity index (χ4n) is 0.827. The molecule has 0 bridgehead atoms. The largest absolute Gasteiger partial charge is 0.461 e. The summed E-state index contributed by atoms with van der Waals surface area (Å²) in [5.41, 5.74) is 5.66. The van der Waals surface area contributed by atoms with Crippen molar-refractivity contribution in [2.75, 3.05) is 12.3 Å². The molecule has 0 atom stereocenters. The van der Waals surface area contributed by atoms with Gasteiger partial charge in [-0.1, -0.05) is 15.9 Å². The van der Waals surface area contributed by atoms with Gasteiger partial charge in [-0.15, -0.1) is 0 Å². The lowest BCUT2D eigenvalue weighted by Gasteiger charge is -2.02. The van der Waals surface area contributed by atoms with Gasteiger partial charge in [-0.2, -0.15) is 0 Å². The minimum Gasteiger partial charge on any atom is -0.461 e. The molecule has 0 saturated carbocycles. The Morgan fingerprint density at radius 1 is 1.69 bits per heavy atom. The van der Waals surface area contributed by atoms with E-state index in [1.165, 1.54) is 0 Å². The summed E-state index contributed by atoms with van der Waals surface area (Å²) in [6.45, 7) is 2.06. The molecule has 70 valence electrons. The summed E-state index contributed by atoms with van der Waals surface area (Å²) in [5, 5.41) is 0. The summed E-state index contributed by atoms with van der Waals surface area (Å²) < 4.78 is 5.47. The lowest BCUT2D eigenvalue weighted by Crippen LogP contribution is -2.08. The van der Waals surface area contributed by atoms with Gasteiger partial charge in [0.15, 0.2) is 5.69 Å². The number of halogens is 1. The molecule has 5 heteroatoms. The van der Waals surface area contributed by atoms with Crippen molar-refractivity contribution in [2.24, 2.45) is 0 Å². The first kappa shape index (κ1) is 9.98. The van der Waals surface area contributed by atoms with Crippen molar-refractivity contribution < 1.29 is 9.53 Å². The maximum Gasteiger partial charge on any atom is 0.357 e. The van der Waals surface area contributed by atoms with Crippen LogP contribution in [0.15, 0.2) is 16.6 Å². The summed E-state index contributed by atoms with van der Waals surface area (Å²) in [6.07, 6.45) is 0. The number of nitrogen functional groups attached to an aromatic ring is 1. The highest BCUT2D eigenvalue weighted by atomic mass is 79.9. The molecule has 0 aliphatic carbocycles. The number of esters is 1. The average Bonchev–Trinajstić information content (AvgIpc) is 2.03. The Morgan fingerprint density at radius 3 is 2.92 bits per heavy atom. The molecule has 13 heavy (non-hydrogen) atoms. The zero-order valence-electron chi connectivity index (χ0n) is 7.08. The van der Waals surface area contributed by atoms with E-state index in [2.05, 4.69) is 20.9 Å². The number of nitrogens with two attached hydrogens (primary N) is 1. The van der Waals surface area contributed by atoms with Gasteiger partial charge in [0.25, 0.3) is 0 Å². The van der Waals surface area contributed by atoms with E-state index in [1.54, 1.807) is 19.1 Å². The number of pyridine rings is 1. The van der Waals surface area contributed by atoms with Crippen molar-refractivity contribution in [1.29, 1.82) is 0 Å². The first-order chi connectivity index (χ1) is 6.13. The second-order valence-corrected chi connectivity index (χ2v) is 3.23. The number of rotatable bonds is 2. The van der Waals surface area contributed by atoms with Crippen LogP contribution in [0.2, 0.25) is 0 Å². The number of aromatic nitrogens is 1. The molecule has 4 nitrogen and oxygen atoms in total. The van der Waals surface area contributed by atoms with Crippen molar-refractivity contribution in [3.05, 3.63) is 22.3 Å². The number of hydrogen-bond donors (Lipinski definition) is 1. The molecule has 0 spiro atoms. The molecular formula is C8H9BrN2O2. The van der Waals surface area contributed by atoms with E-state index in [4.69, 9.17) is 10.5 Å². The first-order valence-corrected chi connectivity index (χ1v) is 4.53. The molecule has 0 aliphatic rings. The second kappa shape index (κ2) is 4.23. The van der Waals surface area contributed by atoms with Crippen LogP contribution in [0.25, 0.3) is 0 Å². The zero-order chi connectivity index (χ0) is 9.84. The van der Waals surface area contributed by atoms with Crippen LogP contribution in [0.3, 0.4) is 0 Å². The molecule has 0 unspecified atom stereocenters. The van der Waals surface area contributed by atoms with Crippen LogP contribution in [0.4, 0.5) is 5.82 Å². The number of nitrogens with zero attached hydrogens (tertiary/aromatic N) is 1. The summed E-state index contributed by atoms with van der Waals surface area (Å²) >= 11 is 3.20. The van der Waals surface area contributed by atoms with Crippen molar-refractivity contribution in [3.8, 4) is 0 Å². The third kappa shape index (κ3) is 2.69. The van der Waals surface area contributed by atoms with Gasteiger partial charge >= 0.3 is 5.97 Å². The van der Waals surface area contributed by atoms with E-state index >= 15 is 0 Å². The predicted octanol–water partition coefficient (Wildman–Crippen LogP) is 1.60. The zero-order valence-corrected chi connectivity index (χ0v) is 8.67. The van der Waals surface area contributed by atoms with Crippen molar-refractivity contribution in [2.45, 2.75) is 6.92 Å². The van der Waals surface area contributed by atoms with E-state index in [-0.39, 0.29) is 11.5 Å². The van der Waals surface area contributed by atoms with E-state index in [1.807, 2.05) is 0 Å². The van der Waals surface area contributed by atoms with E-state index in [0.717, 1.165) is 0 Å². The normalized spacial score (nSPS) is 9.69. The monoisotopic (exact) mass is 244 g/mol. The van der Waals surface area contributed by atoms with Gasteiger partial charge < -0.3 is 10.5 Å². The molecule has 0 aliphatic heterocycles. The molecule has 0 amide bonds.